The van der Waals surface area contributed by atoms with Gasteiger partial charge in [-0.3, -0.25) is 0 Å². The van der Waals surface area contributed by atoms with Gasteiger partial charge in [-0.2, -0.15) is 0 Å². The Hall–Kier alpha value is 0.0274. The number of aryl methyl sites for hydroxylation is 1. The summed E-state index contributed by atoms with van der Waals surface area (Å²) in [5.41, 5.74) is 1.34. The van der Waals surface area contributed by atoms with Crippen LogP contribution in [0, 0.1) is 0 Å². The monoisotopic (exact) mass is 487 g/mol. The first-order chi connectivity index (χ1) is 9.07. The SMILES string of the molecule is C[n+]1ccn(-c2c[c]([Sn]([CH3])([CH3])[CH3])c[c]([Sn]([CH3])([CH3])[CH3])c2)c1. The van der Waals surface area contributed by atoms with Crippen LogP contribution in [-0.4, -0.2) is 41.3 Å². The molecule has 0 saturated heterocycles. The average molecular weight is 485 g/mol. The molecule has 0 aliphatic carbocycles. The van der Waals surface area contributed by atoms with Crippen LogP contribution >= 0.6 is 0 Å². The fourth-order valence-electron chi connectivity index (χ4n) is 2.23. The Kier molecular flexibility index (Phi) is 4.65. The number of imidazole rings is 1. The molecule has 20 heavy (non-hydrogen) atoms. The zero-order valence-electron chi connectivity index (χ0n) is 13.9. The van der Waals surface area contributed by atoms with Crippen molar-refractivity contribution >= 4 is 43.9 Å². The second-order valence-electron chi connectivity index (χ2n) is 7.75. The van der Waals surface area contributed by atoms with Crippen LogP contribution in [0.5, 0.6) is 0 Å². The molecule has 108 valence electrons. The van der Waals surface area contributed by atoms with Crippen LogP contribution in [0.3, 0.4) is 0 Å². The van der Waals surface area contributed by atoms with Gasteiger partial charge in [0, 0.05) is 0 Å². The van der Waals surface area contributed by atoms with Gasteiger partial charge in [0.05, 0.1) is 0 Å². The molecular formula is C16H27N2Sn2+. The molecule has 0 aliphatic rings. The Bertz CT molecular complexity index is 584. The molecule has 2 rings (SSSR count). The molecule has 0 spiro atoms. The van der Waals surface area contributed by atoms with E-state index in [-0.39, 0.29) is 0 Å². The number of hydrogen-bond acceptors (Lipinski definition) is 0. The van der Waals surface area contributed by atoms with Gasteiger partial charge in [0.15, 0.2) is 0 Å². The second-order valence-corrected chi connectivity index (χ2v) is 36.7. The van der Waals surface area contributed by atoms with Crippen LogP contribution in [0.4, 0.5) is 0 Å². The van der Waals surface area contributed by atoms with Gasteiger partial charge in [-0.25, -0.2) is 0 Å². The van der Waals surface area contributed by atoms with Gasteiger partial charge in [0.25, 0.3) is 0 Å². The first kappa shape index (κ1) is 16.4. The topological polar surface area (TPSA) is 8.81 Å². The second kappa shape index (κ2) is 5.67. The van der Waals surface area contributed by atoms with Crippen molar-refractivity contribution in [1.82, 2.24) is 4.57 Å². The van der Waals surface area contributed by atoms with E-state index in [1.807, 2.05) is 0 Å². The summed E-state index contributed by atoms with van der Waals surface area (Å²) in [6.45, 7) is 0. The summed E-state index contributed by atoms with van der Waals surface area (Å²) in [6, 6.07) is 7.40. The van der Waals surface area contributed by atoms with Crippen molar-refractivity contribution in [3.63, 3.8) is 0 Å². The number of nitrogens with zero attached hydrogens (tertiary/aromatic N) is 2. The Morgan fingerprint density at radius 3 is 1.70 bits per heavy atom. The minimum absolute atomic E-state index is 1.34. The number of rotatable bonds is 3. The van der Waals surface area contributed by atoms with Crippen LogP contribution in [0.2, 0.25) is 29.6 Å². The molecule has 4 heteroatoms. The molecule has 1 aromatic heterocycles. The summed E-state index contributed by atoms with van der Waals surface area (Å²) in [4.78, 5) is 15.0. The molecule has 0 saturated carbocycles. The van der Waals surface area contributed by atoms with Crippen LogP contribution in [0.25, 0.3) is 5.69 Å². The summed E-state index contributed by atoms with van der Waals surface area (Å²) >= 11 is -4.09. The quantitative estimate of drug-likeness (QED) is 0.467. The number of benzene rings is 1. The van der Waals surface area contributed by atoms with Crippen LogP contribution in [0.15, 0.2) is 36.9 Å². The number of hydrogen-bond donors (Lipinski definition) is 0. The molecule has 0 N–H and O–H groups in total. The third-order valence-electron chi connectivity index (χ3n) is 3.72. The standard InChI is InChI=1S/C10H9N2.6CH3.2Sn/c1-11-7-8-12(9-11)10-5-3-2-4-6-10;;;;;;;;/h2,5-9H,1H3;6*1H3;;/q+1;;;;;;;;. The Morgan fingerprint density at radius 1 is 0.850 bits per heavy atom. The summed E-state index contributed by atoms with van der Waals surface area (Å²) in [7, 11) is 2.08. The molecule has 0 aliphatic heterocycles. The van der Waals surface area contributed by atoms with Gasteiger partial charge in [0.2, 0.25) is 0 Å². The van der Waals surface area contributed by atoms with E-state index in [1.54, 1.807) is 7.16 Å². The van der Waals surface area contributed by atoms with E-state index in [2.05, 4.69) is 82.7 Å². The molecular weight excluding hydrogens is 458 g/mol. The first-order valence-electron chi connectivity index (χ1n) is 7.27. The van der Waals surface area contributed by atoms with Gasteiger partial charge in [0.1, 0.15) is 0 Å². The Balaban J connectivity index is 2.63. The maximum atomic E-state index is 2.54. The molecule has 0 bridgehead atoms. The Morgan fingerprint density at radius 2 is 1.35 bits per heavy atom. The first-order valence-corrected chi connectivity index (χ1v) is 27.2. The van der Waals surface area contributed by atoms with E-state index in [0.717, 1.165) is 0 Å². The van der Waals surface area contributed by atoms with Crippen LogP contribution < -0.4 is 11.7 Å². The van der Waals surface area contributed by atoms with Gasteiger partial charge < -0.3 is 0 Å². The van der Waals surface area contributed by atoms with Gasteiger partial charge >= 0.3 is 132 Å². The van der Waals surface area contributed by atoms with E-state index < -0.39 is 36.8 Å². The van der Waals surface area contributed by atoms with E-state index in [4.69, 9.17) is 0 Å². The molecule has 0 fully saturated rings. The van der Waals surface area contributed by atoms with E-state index in [0.29, 0.717) is 0 Å². The van der Waals surface area contributed by atoms with Crippen molar-refractivity contribution in [2.24, 2.45) is 7.05 Å². The van der Waals surface area contributed by atoms with Crippen molar-refractivity contribution < 1.29 is 4.57 Å². The van der Waals surface area contributed by atoms with Crippen molar-refractivity contribution in [3.05, 3.63) is 36.9 Å². The predicted octanol–water partition coefficient (Wildman–Crippen LogP) is 2.39. The average Bonchev–Trinajstić information content (AvgIpc) is 2.73. The van der Waals surface area contributed by atoms with Gasteiger partial charge in [-0.15, -0.1) is 0 Å². The normalized spacial score (nSPS) is 12.8. The summed E-state index contributed by atoms with van der Waals surface area (Å²) in [6.07, 6.45) is 6.41. The molecule has 1 aromatic carbocycles. The fourth-order valence-corrected chi connectivity index (χ4v) is 10.1. The third-order valence-corrected chi connectivity index (χ3v) is 15.3. The minimum atomic E-state index is -2.04. The van der Waals surface area contributed by atoms with E-state index >= 15 is 0 Å². The van der Waals surface area contributed by atoms with Crippen molar-refractivity contribution in [1.29, 1.82) is 0 Å². The molecule has 0 radical (unpaired) electrons. The predicted molar refractivity (Wildman–Crippen MR) is 92.9 cm³/mol. The Labute approximate surface area is 131 Å². The van der Waals surface area contributed by atoms with Crippen molar-refractivity contribution in [3.8, 4) is 5.69 Å². The zero-order chi connectivity index (χ0) is 15.1. The molecule has 0 atom stereocenters. The molecule has 0 amide bonds. The van der Waals surface area contributed by atoms with Crippen molar-refractivity contribution in [2.75, 3.05) is 0 Å². The summed E-state index contributed by atoms with van der Waals surface area (Å²) in [5, 5.41) is 0. The fraction of sp³-hybridized carbons (Fsp3) is 0.438. The third kappa shape index (κ3) is 3.81. The molecule has 2 nitrogen and oxygen atoms in total. The molecule has 1 heterocycles. The van der Waals surface area contributed by atoms with E-state index in [9.17, 15) is 0 Å². The summed E-state index contributed by atoms with van der Waals surface area (Å²) < 4.78 is 7.65. The van der Waals surface area contributed by atoms with Gasteiger partial charge in [-0.1, -0.05) is 0 Å². The maximum absolute atomic E-state index is 2.54. The van der Waals surface area contributed by atoms with Gasteiger partial charge in [-0.05, 0) is 0 Å². The number of aromatic nitrogens is 2. The van der Waals surface area contributed by atoms with E-state index in [1.165, 1.54) is 5.69 Å². The zero-order valence-corrected chi connectivity index (χ0v) is 19.6. The summed E-state index contributed by atoms with van der Waals surface area (Å²) in [5.74, 6) is 0. The molecule has 2 aromatic rings. The van der Waals surface area contributed by atoms with Crippen molar-refractivity contribution in [2.45, 2.75) is 29.6 Å². The van der Waals surface area contributed by atoms with Crippen LogP contribution in [-0.2, 0) is 7.05 Å². The molecule has 0 unspecified atom stereocenters. The van der Waals surface area contributed by atoms with Crippen LogP contribution in [0.1, 0.15) is 0 Å².